The number of rotatable bonds is 7. The van der Waals surface area contributed by atoms with Gasteiger partial charge in [0.05, 0.1) is 27.9 Å². The number of nitrogen functional groups attached to an aromatic ring is 1. The lowest BCUT2D eigenvalue weighted by Crippen LogP contribution is -2.27. The molecular weight excluding hydrogens is 493 g/mol. The van der Waals surface area contributed by atoms with Crippen LogP contribution in [0.5, 0.6) is 0 Å². The van der Waals surface area contributed by atoms with Gasteiger partial charge in [-0.1, -0.05) is 41.4 Å². The number of hydrogen-bond acceptors (Lipinski definition) is 6. The number of nitrogens with one attached hydrogen (secondary N) is 3. The van der Waals surface area contributed by atoms with Crippen LogP contribution in [-0.2, 0) is 4.74 Å². The van der Waals surface area contributed by atoms with E-state index in [4.69, 9.17) is 33.7 Å². The van der Waals surface area contributed by atoms with E-state index < -0.39 is 6.03 Å². The van der Waals surface area contributed by atoms with Gasteiger partial charge in [-0.2, -0.15) is 5.10 Å². The first-order valence-electron chi connectivity index (χ1n) is 10.4. The molecule has 0 aliphatic carbocycles. The molecule has 0 atom stereocenters. The quantitative estimate of drug-likeness (QED) is 0.272. The summed E-state index contributed by atoms with van der Waals surface area (Å²) in [5, 5.41) is 12.9. The number of hydrogen-bond donors (Lipinski definition) is 4. The Bertz CT molecular complexity index is 1390. The highest BCUT2D eigenvalue weighted by atomic mass is 35.5. The number of anilines is 3. The van der Waals surface area contributed by atoms with E-state index in [2.05, 4.69) is 26.0 Å². The van der Waals surface area contributed by atoms with Crippen molar-refractivity contribution in [3.63, 3.8) is 0 Å². The zero-order valence-electron chi connectivity index (χ0n) is 18.5. The van der Waals surface area contributed by atoms with Crippen LogP contribution in [0.1, 0.15) is 10.4 Å². The van der Waals surface area contributed by atoms with Gasteiger partial charge in [0.1, 0.15) is 11.8 Å². The van der Waals surface area contributed by atoms with E-state index in [1.54, 1.807) is 55.8 Å². The van der Waals surface area contributed by atoms with Crippen LogP contribution < -0.4 is 21.7 Å². The van der Waals surface area contributed by atoms with E-state index >= 15 is 0 Å². The third-order valence-electron chi connectivity index (χ3n) is 5.07. The average molecular weight is 514 g/mol. The second-order valence-corrected chi connectivity index (χ2v) is 8.15. The van der Waals surface area contributed by atoms with Crippen LogP contribution >= 0.6 is 23.2 Å². The standard InChI is InChI=1S/C23H21Cl2N7O3/c1-35-10-9-27-22(33)15-11-32-20(21(26)28-12-29-32)18(15)13-5-7-14(8-6-13)30-23(34)31-17-4-2-3-16(24)19(17)25/h2-8,11-12H,9-10H2,1H3,(H,27,33)(H2,26,28,29)(H2,30,31,34). The van der Waals surface area contributed by atoms with E-state index in [1.165, 1.54) is 10.8 Å². The van der Waals surface area contributed by atoms with Crippen LogP contribution in [0.15, 0.2) is 55.0 Å². The molecule has 0 saturated carbocycles. The third kappa shape index (κ3) is 5.29. The first-order valence-corrected chi connectivity index (χ1v) is 11.2. The van der Waals surface area contributed by atoms with Gasteiger partial charge in [-0.15, -0.1) is 0 Å². The van der Waals surface area contributed by atoms with Crippen molar-refractivity contribution in [1.82, 2.24) is 19.9 Å². The Labute approximate surface area is 210 Å². The van der Waals surface area contributed by atoms with Gasteiger partial charge in [0.25, 0.3) is 5.91 Å². The van der Waals surface area contributed by atoms with Crippen molar-refractivity contribution in [2.24, 2.45) is 0 Å². The summed E-state index contributed by atoms with van der Waals surface area (Å²) in [6, 6.07) is 11.4. The van der Waals surface area contributed by atoms with Crippen molar-refractivity contribution in [3.8, 4) is 11.1 Å². The summed E-state index contributed by atoms with van der Waals surface area (Å²) in [6.07, 6.45) is 2.91. The summed E-state index contributed by atoms with van der Waals surface area (Å²) >= 11 is 12.1. The molecule has 0 aliphatic rings. The molecule has 0 fully saturated rings. The Kier molecular flexibility index (Phi) is 7.35. The molecule has 0 unspecified atom stereocenters. The Morgan fingerprint density at radius 3 is 2.63 bits per heavy atom. The molecule has 0 spiro atoms. The molecule has 0 aliphatic heterocycles. The summed E-state index contributed by atoms with van der Waals surface area (Å²) in [4.78, 5) is 29.4. The number of urea groups is 1. The topological polar surface area (TPSA) is 136 Å². The second-order valence-electron chi connectivity index (χ2n) is 7.36. The largest absolute Gasteiger partial charge is 0.383 e. The number of aromatic nitrogens is 3. The van der Waals surface area contributed by atoms with Crippen molar-refractivity contribution in [1.29, 1.82) is 0 Å². The monoisotopic (exact) mass is 513 g/mol. The lowest BCUT2D eigenvalue weighted by molar-refractivity contribution is 0.0937. The lowest BCUT2D eigenvalue weighted by atomic mass is 10.0. The molecule has 2 aromatic carbocycles. The van der Waals surface area contributed by atoms with Gasteiger partial charge >= 0.3 is 6.03 Å². The van der Waals surface area contributed by atoms with Crippen molar-refractivity contribution >= 4 is 57.8 Å². The molecular formula is C23H21Cl2N7O3. The molecule has 4 aromatic rings. The maximum atomic E-state index is 12.9. The summed E-state index contributed by atoms with van der Waals surface area (Å²) in [7, 11) is 1.56. The summed E-state index contributed by atoms with van der Waals surface area (Å²) in [6.45, 7) is 0.718. The molecule has 0 saturated heterocycles. The lowest BCUT2D eigenvalue weighted by Gasteiger charge is -2.11. The minimum absolute atomic E-state index is 0.228. The van der Waals surface area contributed by atoms with E-state index in [0.717, 1.165) is 0 Å². The zero-order valence-corrected chi connectivity index (χ0v) is 20.0. The van der Waals surface area contributed by atoms with Gasteiger partial charge < -0.3 is 26.4 Å². The van der Waals surface area contributed by atoms with Crippen molar-refractivity contribution in [2.45, 2.75) is 0 Å². The minimum Gasteiger partial charge on any atom is -0.383 e. The number of benzene rings is 2. The number of fused-ring (bicyclic) bond motifs is 1. The van der Waals surface area contributed by atoms with Crippen LogP contribution in [0.4, 0.5) is 22.0 Å². The molecule has 12 heteroatoms. The van der Waals surface area contributed by atoms with E-state index in [1.807, 2.05) is 0 Å². The molecule has 4 rings (SSSR count). The zero-order chi connectivity index (χ0) is 24.9. The maximum absolute atomic E-state index is 12.9. The van der Waals surface area contributed by atoms with E-state index in [9.17, 15) is 9.59 Å². The third-order valence-corrected chi connectivity index (χ3v) is 5.89. The van der Waals surface area contributed by atoms with Gasteiger partial charge in [-0.05, 0) is 29.8 Å². The summed E-state index contributed by atoms with van der Waals surface area (Å²) in [5.41, 5.74) is 9.15. The molecule has 5 N–H and O–H groups in total. The fraction of sp³-hybridized carbons (Fsp3) is 0.130. The Morgan fingerprint density at radius 1 is 1.11 bits per heavy atom. The molecule has 0 bridgehead atoms. The fourth-order valence-corrected chi connectivity index (χ4v) is 3.81. The molecule has 10 nitrogen and oxygen atoms in total. The average Bonchev–Trinajstić information content (AvgIpc) is 3.24. The fourth-order valence-electron chi connectivity index (χ4n) is 3.47. The Morgan fingerprint density at radius 2 is 1.89 bits per heavy atom. The highest BCUT2D eigenvalue weighted by molar-refractivity contribution is 6.44. The van der Waals surface area contributed by atoms with Gasteiger partial charge in [-0.3, -0.25) is 4.79 Å². The molecule has 3 amide bonds. The number of methoxy groups -OCH3 is 1. The van der Waals surface area contributed by atoms with Crippen molar-refractivity contribution < 1.29 is 14.3 Å². The van der Waals surface area contributed by atoms with Gasteiger partial charge in [0, 0.05) is 31.1 Å². The highest BCUT2D eigenvalue weighted by Crippen LogP contribution is 2.33. The van der Waals surface area contributed by atoms with Gasteiger partial charge in [-0.25, -0.2) is 14.3 Å². The first-order chi connectivity index (χ1) is 16.9. The van der Waals surface area contributed by atoms with Gasteiger partial charge in [0.2, 0.25) is 0 Å². The normalized spacial score (nSPS) is 10.8. The number of carbonyl (C=O) groups is 2. The molecule has 35 heavy (non-hydrogen) atoms. The van der Waals surface area contributed by atoms with Crippen LogP contribution in [-0.4, -0.2) is 46.8 Å². The molecule has 180 valence electrons. The second kappa shape index (κ2) is 10.6. The number of carbonyl (C=O) groups excluding carboxylic acids is 2. The Hall–Kier alpha value is -3.86. The predicted molar refractivity (Wildman–Crippen MR) is 136 cm³/mol. The molecule has 2 heterocycles. The van der Waals surface area contributed by atoms with Crippen LogP contribution in [0.3, 0.4) is 0 Å². The SMILES string of the molecule is COCCNC(=O)c1cn2ncnc(N)c2c1-c1ccc(NC(=O)Nc2cccc(Cl)c2Cl)cc1. The van der Waals surface area contributed by atoms with Crippen LogP contribution in [0, 0.1) is 0 Å². The minimum atomic E-state index is -0.493. The molecule has 0 radical (unpaired) electrons. The van der Waals surface area contributed by atoms with E-state index in [0.29, 0.717) is 51.8 Å². The van der Waals surface area contributed by atoms with Crippen molar-refractivity contribution in [2.75, 3.05) is 36.6 Å². The number of nitrogens with two attached hydrogens (primary N) is 1. The Balaban J connectivity index is 1.59. The number of nitrogens with zero attached hydrogens (tertiary/aromatic N) is 3. The van der Waals surface area contributed by atoms with E-state index in [-0.39, 0.29) is 16.7 Å². The van der Waals surface area contributed by atoms with Crippen LogP contribution in [0.25, 0.3) is 16.6 Å². The number of ether oxygens (including phenoxy) is 1. The van der Waals surface area contributed by atoms with Crippen molar-refractivity contribution in [3.05, 3.63) is 70.6 Å². The maximum Gasteiger partial charge on any atom is 0.323 e. The predicted octanol–water partition coefficient (Wildman–Crippen LogP) is 4.31. The number of halogens is 2. The van der Waals surface area contributed by atoms with Crippen LogP contribution in [0.2, 0.25) is 10.0 Å². The number of amides is 3. The smallest absolute Gasteiger partial charge is 0.323 e. The first kappa shape index (κ1) is 24.3. The summed E-state index contributed by atoms with van der Waals surface area (Å²) < 4.78 is 6.51. The highest BCUT2D eigenvalue weighted by Gasteiger charge is 2.21. The van der Waals surface area contributed by atoms with Gasteiger partial charge in [0.15, 0.2) is 5.82 Å². The summed E-state index contributed by atoms with van der Waals surface area (Å²) in [5.74, 6) is -0.0761. The molecule has 2 aromatic heterocycles.